The van der Waals surface area contributed by atoms with Crippen LogP contribution >= 0.6 is 11.8 Å². The van der Waals surface area contributed by atoms with Crippen molar-refractivity contribution in [2.45, 2.75) is 6.92 Å². The predicted molar refractivity (Wildman–Crippen MR) is 77.4 cm³/mol. The highest BCUT2D eigenvalue weighted by atomic mass is 32.2. The molecular formula is C14H13NO3S. The summed E-state index contributed by atoms with van der Waals surface area (Å²) in [7, 11) is 0. The average Bonchev–Trinajstić information content (AvgIpc) is 2.77. The van der Waals surface area contributed by atoms with E-state index in [-0.39, 0.29) is 10.7 Å². The highest BCUT2D eigenvalue weighted by Crippen LogP contribution is 2.20. The van der Waals surface area contributed by atoms with E-state index < -0.39 is 5.97 Å². The third kappa shape index (κ3) is 3.26. The second-order valence-electron chi connectivity index (χ2n) is 4.02. The van der Waals surface area contributed by atoms with Gasteiger partial charge in [0, 0.05) is 29.8 Å². The number of hydrogen-bond donors (Lipinski definition) is 2. The maximum absolute atomic E-state index is 11.0. The molecular weight excluding hydrogens is 262 g/mol. The Hall–Kier alpha value is -2.01. The van der Waals surface area contributed by atoms with Crippen LogP contribution in [0.3, 0.4) is 0 Å². The number of aromatic carboxylic acids is 1. The summed E-state index contributed by atoms with van der Waals surface area (Å²) in [5.74, 6) is -0.328. The van der Waals surface area contributed by atoms with Gasteiger partial charge in [0.15, 0.2) is 5.12 Å². The van der Waals surface area contributed by atoms with Gasteiger partial charge in [0.05, 0.1) is 5.56 Å². The summed E-state index contributed by atoms with van der Waals surface area (Å²) in [6.45, 7) is 1.53. The zero-order chi connectivity index (χ0) is 13.8. The summed E-state index contributed by atoms with van der Waals surface area (Å²) >= 11 is 1.24. The molecule has 98 valence electrons. The van der Waals surface area contributed by atoms with Crippen LogP contribution in [0.5, 0.6) is 0 Å². The fraction of sp³-hybridized carbons (Fsp3) is 0.143. The number of carboxylic acid groups (broad SMARTS) is 1. The molecule has 1 heterocycles. The fourth-order valence-corrected chi connectivity index (χ4v) is 2.20. The van der Waals surface area contributed by atoms with Crippen LogP contribution in [0.4, 0.5) is 0 Å². The Kier molecular flexibility index (Phi) is 4.06. The second-order valence-corrected chi connectivity index (χ2v) is 5.21. The summed E-state index contributed by atoms with van der Waals surface area (Å²) in [4.78, 5) is 24.7. The van der Waals surface area contributed by atoms with E-state index in [2.05, 4.69) is 4.98 Å². The van der Waals surface area contributed by atoms with E-state index in [4.69, 9.17) is 5.11 Å². The SMILES string of the molecule is CC(=O)SCC=Cc1ccc2[nH]cc(C(=O)O)c2c1. The lowest BCUT2D eigenvalue weighted by atomic mass is 10.1. The van der Waals surface area contributed by atoms with E-state index in [1.807, 2.05) is 30.4 Å². The molecule has 5 heteroatoms. The molecule has 0 aliphatic rings. The van der Waals surface area contributed by atoms with E-state index in [1.54, 1.807) is 0 Å². The topological polar surface area (TPSA) is 70.2 Å². The Bertz CT molecular complexity index is 658. The Labute approximate surface area is 114 Å². The van der Waals surface area contributed by atoms with Crippen molar-refractivity contribution in [3.63, 3.8) is 0 Å². The summed E-state index contributed by atoms with van der Waals surface area (Å²) in [5, 5.41) is 9.83. The molecule has 0 amide bonds. The van der Waals surface area contributed by atoms with Crippen LogP contribution in [0.15, 0.2) is 30.5 Å². The molecule has 0 aliphatic carbocycles. The van der Waals surface area contributed by atoms with Gasteiger partial charge in [0.25, 0.3) is 0 Å². The number of hydrogen-bond acceptors (Lipinski definition) is 3. The smallest absolute Gasteiger partial charge is 0.337 e. The maximum Gasteiger partial charge on any atom is 0.337 e. The van der Waals surface area contributed by atoms with E-state index >= 15 is 0 Å². The lowest BCUT2D eigenvalue weighted by Gasteiger charge is -1.96. The Morgan fingerprint density at radius 1 is 1.42 bits per heavy atom. The summed E-state index contributed by atoms with van der Waals surface area (Å²) in [6.07, 6.45) is 5.26. The molecule has 19 heavy (non-hydrogen) atoms. The van der Waals surface area contributed by atoms with Crippen LogP contribution in [-0.4, -0.2) is 26.9 Å². The normalized spacial score (nSPS) is 11.2. The lowest BCUT2D eigenvalue weighted by molar-refractivity contribution is -0.109. The minimum absolute atomic E-state index is 0.0823. The molecule has 0 spiro atoms. The fourth-order valence-electron chi connectivity index (χ4n) is 1.77. The first kappa shape index (κ1) is 13.4. The molecule has 0 radical (unpaired) electrons. The van der Waals surface area contributed by atoms with Crippen LogP contribution in [0, 0.1) is 0 Å². The van der Waals surface area contributed by atoms with Crippen molar-refractivity contribution in [3.8, 4) is 0 Å². The summed E-state index contributed by atoms with van der Waals surface area (Å²) in [6, 6.07) is 5.57. The summed E-state index contributed by atoms with van der Waals surface area (Å²) in [5.41, 5.74) is 1.98. The van der Waals surface area contributed by atoms with Crippen molar-refractivity contribution in [1.29, 1.82) is 0 Å². The molecule has 0 fully saturated rings. The molecule has 2 aromatic rings. The van der Waals surface area contributed by atoms with Crippen LogP contribution in [0.2, 0.25) is 0 Å². The number of nitrogens with one attached hydrogen (secondary N) is 1. The molecule has 0 saturated heterocycles. The molecule has 0 saturated carbocycles. The number of rotatable bonds is 4. The van der Waals surface area contributed by atoms with Crippen molar-refractivity contribution in [2.75, 3.05) is 5.75 Å². The van der Waals surface area contributed by atoms with Gasteiger partial charge in [-0.1, -0.05) is 30.0 Å². The van der Waals surface area contributed by atoms with E-state index in [9.17, 15) is 9.59 Å². The summed E-state index contributed by atoms with van der Waals surface area (Å²) < 4.78 is 0. The van der Waals surface area contributed by atoms with Crippen LogP contribution in [-0.2, 0) is 4.79 Å². The molecule has 2 N–H and O–H groups in total. The second kappa shape index (κ2) is 5.75. The first-order valence-electron chi connectivity index (χ1n) is 5.72. The first-order valence-corrected chi connectivity index (χ1v) is 6.71. The molecule has 0 bridgehead atoms. The Morgan fingerprint density at radius 2 is 2.21 bits per heavy atom. The third-order valence-electron chi connectivity index (χ3n) is 2.63. The Balaban J connectivity index is 2.23. The van der Waals surface area contributed by atoms with Crippen LogP contribution in [0.1, 0.15) is 22.8 Å². The number of H-pyrrole nitrogens is 1. The van der Waals surface area contributed by atoms with Gasteiger partial charge in [-0.15, -0.1) is 0 Å². The van der Waals surface area contributed by atoms with E-state index in [0.717, 1.165) is 11.1 Å². The maximum atomic E-state index is 11.0. The molecule has 4 nitrogen and oxygen atoms in total. The van der Waals surface area contributed by atoms with Gasteiger partial charge in [-0.3, -0.25) is 4.79 Å². The van der Waals surface area contributed by atoms with E-state index in [0.29, 0.717) is 11.1 Å². The quantitative estimate of drug-likeness (QED) is 0.899. The van der Waals surface area contributed by atoms with Crippen molar-refractivity contribution >= 4 is 39.8 Å². The molecule has 1 aromatic heterocycles. The highest BCUT2D eigenvalue weighted by Gasteiger charge is 2.09. The number of carbonyl (C=O) groups excluding carboxylic acids is 1. The third-order valence-corrected chi connectivity index (χ3v) is 3.39. The standard InChI is InChI=1S/C14H13NO3S/c1-9(16)19-6-2-3-10-4-5-13-11(7-10)12(8-15-13)14(17)18/h2-5,7-8,15H,6H2,1H3,(H,17,18). The largest absolute Gasteiger partial charge is 0.478 e. The number of aromatic nitrogens is 1. The van der Waals surface area contributed by atoms with Gasteiger partial charge in [0.2, 0.25) is 0 Å². The molecule has 2 rings (SSSR count). The van der Waals surface area contributed by atoms with Gasteiger partial charge in [-0.2, -0.15) is 0 Å². The van der Waals surface area contributed by atoms with E-state index in [1.165, 1.54) is 24.9 Å². The molecule has 0 atom stereocenters. The van der Waals surface area contributed by atoms with Gasteiger partial charge >= 0.3 is 5.97 Å². The number of aromatic amines is 1. The lowest BCUT2D eigenvalue weighted by Crippen LogP contribution is -1.93. The number of thioether (sulfide) groups is 1. The van der Waals surface area contributed by atoms with Crippen LogP contribution < -0.4 is 0 Å². The zero-order valence-corrected chi connectivity index (χ0v) is 11.2. The minimum Gasteiger partial charge on any atom is -0.478 e. The Morgan fingerprint density at radius 3 is 2.89 bits per heavy atom. The number of benzene rings is 1. The van der Waals surface area contributed by atoms with Gasteiger partial charge in [-0.05, 0) is 17.7 Å². The molecule has 0 unspecified atom stereocenters. The average molecular weight is 275 g/mol. The van der Waals surface area contributed by atoms with Gasteiger partial charge < -0.3 is 10.1 Å². The van der Waals surface area contributed by atoms with Crippen LogP contribution in [0.25, 0.3) is 17.0 Å². The van der Waals surface area contributed by atoms with Crippen molar-refractivity contribution < 1.29 is 14.7 Å². The number of fused-ring (bicyclic) bond motifs is 1. The van der Waals surface area contributed by atoms with Gasteiger partial charge in [0.1, 0.15) is 0 Å². The number of carbonyl (C=O) groups is 2. The number of carboxylic acids is 1. The molecule has 1 aromatic carbocycles. The van der Waals surface area contributed by atoms with Crippen molar-refractivity contribution in [1.82, 2.24) is 4.98 Å². The highest BCUT2D eigenvalue weighted by molar-refractivity contribution is 8.13. The van der Waals surface area contributed by atoms with Gasteiger partial charge in [-0.25, -0.2) is 4.79 Å². The predicted octanol–water partition coefficient (Wildman–Crippen LogP) is 3.16. The minimum atomic E-state index is -0.945. The van der Waals surface area contributed by atoms with Crippen molar-refractivity contribution in [3.05, 3.63) is 41.6 Å². The van der Waals surface area contributed by atoms with Crippen molar-refractivity contribution in [2.24, 2.45) is 0 Å². The monoisotopic (exact) mass is 275 g/mol. The first-order chi connectivity index (χ1) is 9.08. The molecule has 0 aliphatic heterocycles. The zero-order valence-electron chi connectivity index (χ0n) is 10.3.